The Kier molecular flexibility index (Phi) is 7.83. The van der Waals surface area contributed by atoms with Crippen molar-refractivity contribution in [3.05, 3.63) is 60.2 Å². The molecular weight excluding hydrogens is 514 g/mol. The van der Waals surface area contributed by atoms with Crippen molar-refractivity contribution in [1.82, 2.24) is 15.1 Å². The Morgan fingerprint density at radius 3 is 2.52 bits per heavy atom. The zero-order valence-electron chi connectivity index (χ0n) is 23.1. The number of ether oxygens (including phenoxy) is 2. The Hall–Kier alpha value is -3.50. The number of likely N-dealkylation sites (tertiary alicyclic amines) is 1. The molecule has 4 aliphatic rings. The quantitative estimate of drug-likeness (QED) is 0.429. The van der Waals surface area contributed by atoms with Crippen LogP contribution < -0.4 is 5.32 Å². The van der Waals surface area contributed by atoms with Gasteiger partial charge in [0, 0.05) is 19.0 Å². The fourth-order valence-corrected chi connectivity index (χ4v) is 6.42. The van der Waals surface area contributed by atoms with Crippen molar-refractivity contribution >= 4 is 23.7 Å². The van der Waals surface area contributed by atoms with Gasteiger partial charge in [-0.2, -0.15) is 0 Å². The molecular formula is C30H37N3O7. The predicted octanol–water partition coefficient (Wildman–Crippen LogP) is 1.51. The van der Waals surface area contributed by atoms with Crippen molar-refractivity contribution in [3.8, 4) is 0 Å². The summed E-state index contributed by atoms with van der Waals surface area (Å²) in [4.78, 5) is 57.8. The van der Waals surface area contributed by atoms with Crippen LogP contribution in [0.4, 0.5) is 0 Å². The first-order valence-electron chi connectivity index (χ1n) is 14.0. The van der Waals surface area contributed by atoms with Gasteiger partial charge in [0.1, 0.15) is 18.2 Å². The molecule has 5 rings (SSSR count). The number of rotatable bonds is 4. The SMILES string of the molecule is CC(C)N1CC=C[C@]23O[C@@H]4/C=C\CCC(=O)OC[C@@H](c5ccccc5)NC(=O)[C@@H]4[C@H]2C(=O)N([C@H](C)CO)[C@@H]3C1=O. The van der Waals surface area contributed by atoms with Gasteiger partial charge >= 0.3 is 5.97 Å². The summed E-state index contributed by atoms with van der Waals surface area (Å²) in [6.07, 6.45) is 6.81. The van der Waals surface area contributed by atoms with E-state index < -0.39 is 53.5 Å². The van der Waals surface area contributed by atoms with Crippen molar-refractivity contribution in [3.63, 3.8) is 0 Å². The predicted molar refractivity (Wildman–Crippen MR) is 144 cm³/mol. The van der Waals surface area contributed by atoms with E-state index in [4.69, 9.17) is 9.47 Å². The number of esters is 1. The van der Waals surface area contributed by atoms with Gasteiger partial charge in [-0.3, -0.25) is 19.2 Å². The number of fused-ring (bicyclic) bond motifs is 2. The molecule has 2 saturated heterocycles. The van der Waals surface area contributed by atoms with Crippen LogP contribution in [0.2, 0.25) is 0 Å². The highest BCUT2D eigenvalue weighted by Gasteiger charge is 2.72. The summed E-state index contributed by atoms with van der Waals surface area (Å²) < 4.78 is 12.1. The lowest BCUT2D eigenvalue weighted by Gasteiger charge is -2.38. The molecule has 0 bridgehead atoms. The first-order chi connectivity index (χ1) is 19.2. The molecule has 1 spiro atoms. The molecule has 10 nitrogen and oxygen atoms in total. The second-order valence-electron chi connectivity index (χ2n) is 11.2. The van der Waals surface area contributed by atoms with Gasteiger partial charge in [0.05, 0.1) is 36.6 Å². The molecule has 214 valence electrons. The van der Waals surface area contributed by atoms with Gasteiger partial charge < -0.3 is 29.7 Å². The molecule has 4 aliphatic heterocycles. The van der Waals surface area contributed by atoms with Crippen LogP contribution in [0.15, 0.2) is 54.6 Å². The lowest BCUT2D eigenvalue weighted by atomic mass is 9.77. The number of hydrogen-bond acceptors (Lipinski definition) is 7. The van der Waals surface area contributed by atoms with Crippen molar-refractivity contribution in [2.45, 2.75) is 69.5 Å². The van der Waals surface area contributed by atoms with Gasteiger partial charge in [-0.1, -0.05) is 54.6 Å². The summed E-state index contributed by atoms with van der Waals surface area (Å²) in [5, 5.41) is 13.1. The maximum atomic E-state index is 14.2. The highest BCUT2D eigenvalue weighted by atomic mass is 16.5. The van der Waals surface area contributed by atoms with Crippen molar-refractivity contribution in [1.29, 1.82) is 0 Å². The van der Waals surface area contributed by atoms with Gasteiger partial charge in [0.15, 0.2) is 0 Å². The number of nitrogens with one attached hydrogen (secondary N) is 1. The third-order valence-corrected chi connectivity index (χ3v) is 8.40. The number of benzene rings is 1. The number of cyclic esters (lactones) is 1. The van der Waals surface area contributed by atoms with Gasteiger partial charge in [0.2, 0.25) is 17.7 Å². The molecule has 7 atom stereocenters. The Bertz CT molecular complexity index is 1210. The molecule has 1 aromatic rings. The van der Waals surface area contributed by atoms with Crippen LogP contribution in [-0.4, -0.2) is 88.2 Å². The second kappa shape index (κ2) is 11.2. The third kappa shape index (κ3) is 4.73. The minimum absolute atomic E-state index is 0.0572. The van der Waals surface area contributed by atoms with Gasteiger partial charge in [0.25, 0.3) is 0 Å². The molecule has 3 amide bonds. The highest BCUT2D eigenvalue weighted by Crippen LogP contribution is 2.53. The number of allylic oxidation sites excluding steroid dienone is 1. The number of amides is 3. The van der Waals surface area contributed by atoms with E-state index in [9.17, 15) is 24.3 Å². The molecule has 10 heteroatoms. The Morgan fingerprint density at radius 1 is 1.07 bits per heavy atom. The monoisotopic (exact) mass is 551 g/mol. The average molecular weight is 552 g/mol. The number of hydrogen-bond donors (Lipinski definition) is 2. The van der Waals surface area contributed by atoms with Crippen LogP contribution in [-0.2, 0) is 28.7 Å². The number of aliphatic hydroxyl groups excluding tert-OH is 1. The molecule has 40 heavy (non-hydrogen) atoms. The van der Waals surface area contributed by atoms with Gasteiger partial charge in [-0.25, -0.2) is 0 Å². The second-order valence-corrected chi connectivity index (χ2v) is 11.2. The van der Waals surface area contributed by atoms with Crippen LogP contribution in [0, 0.1) is 11.8 Å². The van der Waals surface area contributed by atoms with Crippen LogP contribution in [0.5, 0.6) is 0 Å². The molecule has 0 aliphatic carbocycles. The van der Waals surface area contributed by atoms with Gasteiger partial charge in [-0.05, 0) is 32.8 Å². The summed E-state index contributed by atoms with van der Waals surface area (Å²) in [6.45, 7) is 5.44. The zero-order valence-corrected chi connectivity index (χ0v) is 23.1. The molecule has 0 saturated carbocycles. The zero-order chi connectivity index (χ0) is 28.6. The number of carbonyl (C=O) groups is 4. The molecule has 4 heterocycles. The molecule has 1 aromatic carbocycles. The summed E-state index contributed by atoms with van der Waals surface area (Å²) in [5.74, 6) is -3.44. The maximum absolute atomic E-state index is 14.2. The van der Waals surface area contributed by atoms with Crippen LogP contribution in [0.3, 0.4) is 0 Å². The summed E-state index contributed by atoms with van der Waals surface area (Å²) in [5.41, 5.74) is -0.641. The van der Waals surface area contributed by atoms with Crippen molar-refractivity contribution in [2.75, 3.05) is 19.8 Å². The van der Waals surface area contributed by atoms with Gasteiger partial charge in [-0.15, -0.1) is 0 Å². The number of carbonyl (C=O) groups excluding carboxylic acids is 4. The van der Waals surface area contributed by atoms with E-state index in [2.05, 4.69) is 5.32 Å². The highest BCUT2D eigenvalue weighted by molar-refractivity contribution is 6.00. The first-order valence-corrected chi connectivity index (χ1v) is 14.0. The maximum Gasteiger partial charge on any atom is 0.306 e. The molecule has 0 radical (unpaired) electrons. The topological polar surface area (TPSA) is 125 Å². The van der Waals surface area contributed by atoms with E-state index in [1.807, 2.05) is 50.3 Å². The van der Waals surface area contributed by atoms with Crippen molar-refractivity contribution in [2.24, 2.45) is 11.8 Å². The average Bonchev–Trinajstić information content (AvgIpc) is 3.33. The number of nitrogens with zero attached hydrogens (tertiary/aromatic N) is 2. The van der Waals surface area contributed by atoms with E-state index in [-0.39, 0.29) is 37.6 Å². The Morgan fingerprint density at radius 2 is 1.82 bits per heavy atom. The summed E-state index contributed by atoms with van der Waals surface area (Å²) >= 11 is 0. The van der Waals surface area contributed by atoms with E-state index in [1.54, 1.807) is 30.1 Å². The van der Waals surface area contributed by atoms with E-state index in [0.717, 1.165) is 5.56 Å². The fraction of sp³-hybridized carbons (Fsp3) is 0.533. The van der Waals surface area contributed by atoms with E-state index in [1.165, 1.54) is 4.90 Å². The van der Waals surface area contributed by atoms with Crippen LogP contribution >= 0.6 is 0 Å². The van der Waals surface area contributed by atoms with Crippen LogP contribution in [0.1, 0.15) is 45.2 Å². The van der Waals surface area contributed by atoms with E-state index >= 15 is 0 Å². The normalized spacial score (nSPS) is 34.2. The molecule has 0 unspecified atom stereocenters. The van der Waals surface area contributed by atoms with E-state index in [0.29, 0.717) is 13.0 Å². The Balaban J connectivity index is 1.60. The lowest BCUT2D eigenvalue weighted by Crippen LogP contribution is -2.58. The fourth-order valence-electron chi connectivity index (χ4n) is 6.42. The minimum atomic E-state index is -1.40. The summed E-state index contributed by atoms with van der Waals surface area (Å²) in [6, 6.07) is 6.73. The smallest absolute Gasteiger partial charge is 0.306 e. The largest absolute Gasteiger partial charge is 0.463 e. The molecule has 2 N–H and O–H groups in total. The molecule has 0 aromatic heterocycles. The first kappa shape index (κ1) is 28.0. The lowest BCUT2D eigenvalue weighted by molar-refractivity contribution is -0.151. The minimum Gasteiger partial charge on any atom is -0.463 e. The standard InChI is InChI=1S/C30H37N3O7/c1-18(2)32-15-9-14-30-25(28(37)33(19(3)16-34)26(30)29(32)38)24-22(40-30)12-7-8-13-23(35)39-17-21(31-27(24)36)20-10-5-4-6-11-20/h4-7,9-12,14,18-19,21-22,24-26,34H,8,13,15-17H2,1-3H3,(H,31,36)/b12-7-/t19-,21+,22-,24+,25+,26-,30+/m1/s1. The third-order valence-electron chi connectivity index (χ3n) is 8.40. The Labute approximate surface area is 234 Å². The summed E-state index contributed by atoms with van der Waals surface area (Å²) in [7, 11) is 0. The van der Waals surface area contributed by atoms with Crippen LogP contribution in [0.25, 0.3) is 0 Å². The number of aliphatic hydroxyl groups is 1. The van der Waals surface area contributed by atoms with Crippen molar-refractivity contribution < 1.29 is 33.8 Å². The molecule has 2 fully saturated rings.